The summed E-state index contributed by atoms with van der Waals surface area (Å²) in [7, 11) is 0. The summed E-state index contributed by atoms with van der Waals surface area (Å²) in [5.41, 5.74) is 0.519. The van der Waals surface area contributed by atoms with E-state index in [9.17, 15) is 9.18 Å². The molecule has 104 valence electrons. The Morgan fingerprint density at radius 1 is 1.53 bits per heavy atom. The van der Waals surface area contributed by atoms with Crippen LogP contribution in [-0.2, 0) is 11.3 Å². The Labute approximate surface area is 117 Å². The standard InChI is InChI=1S/C14H17ClFNO2/c1-9-4-11(14(18)19)8-17(6-9)7-10-5-12(15)2-3-13(10)16/h2-3,5,9,11H,4,6-8H2,1H3,(H,18,19). The maximum atomic E-state index is 13.7. The lowest BCUT2D eigenvalue weighted by atomic mass is 9.90. The number of hydrogen-bond donors (Lipinski definition) is 1. The quantitative estimate of drug-likeness (QED) is 0.928. The molecule has 0 bridgehead atoms. The van der Waals surface area contributed by atoms with E-state index in [1.165, 1.54) is 12.1 Å². The first kappa shape index (κ1) is 14.3. The molecule has 1 aromatic rings. The predicted molar refractivity (Wildman–Crippen MR) is 71.6 cm³/mol. The largest absolute Gasteiger partial charge is 0.481 e. The average Bonchev–Trinajstić information content (AvgIpc) is 2.33. The smallest absolute Gasteiger partial charge is 0.307 e. The van der Waals surface area contributed by atoms with Crippen LogP contribution >= 0.6 is 11.6 Å². The number of benzene rings is 1. The van der Waals surface area contributed by atoms with Gasteiger partial charge in [0.1, 0.15) is 5.82 Å². The Hall–Kier alpha value is -1.13. The third kappa shape index (κ3) is 3.67. The van der Waals surface area contributed by atoms with Crippen LogP contribution in [0.1, 0.15) is 18.9 Å². The minimum atomic E-state index is -0.775. The van der Waals surface area contributed by atoms with E-state index in [4.69, 9.17) is 16.7 Å². The zero-order chi connectivity index (χ0) is 14.0. The highest BCUT2D eigenvalue weighted by Crippen LogP contribution is 2.24. The Kier molecular flexibility index (Phi) is 4.42. The molecule has 3 nitrogen and oxygen atoms in total. The second-order valence-electron chi connectivity index (χ2n) is 5.31. The summed E-state index contributed by atoms with van der Waals surface area (Å²) in [5.74, 6) is -1.14. The zero-order valence-electron chi connectivity index (χ0n) is 10.8. The predicted octanol–water partition coefficient (Wildman–Crippen LogP) is 3.02. The van der Waals surface area contributed by atoms with E-state index in [-0.39, 0.29) is 11.7 Å². The van der Waals surface area contributed by atoms with Crippen molar-refractivity contribution in [2.24, 2.45) is 11.8 Å². The first-order chi connectivity index (χ1) is 8.95. The van der Waals surface area contributed by atoms with Gasteiger partial charge in [-0.3, -0.25) is 9.69 Å². The van der Waals surface area contributed by atoms with Gasteiger partial charge < -0.3 is 5.11 Å². The van der Waals surface area contributed by atoms with Crippen LogP contribution in [0.2, 0.25) is 5.02 Å². The van der Waals surface area contributed by atoms with Crippen molar-refractivity contribution in [1.29, 1.82) is 0 Å². The van der Waals surface area contributed by atoms with E-state index in [1.807, 2.05) is 11.8 Å². The van der Waals surface area contributed by atoms with Gasteiger partial charge >= 0.3 is 5.97 Å². The molecule has 0 saturated carbocycles. The Bertz CT molecular complexity index is 481. The van der Waals surface area contributed by atoms with Gasteiger partial charge in [-0.05, 0) is 30.5 Å². The summed E-state index contributed by atoms with van der Waals surface area (Å²) in [4.78, 5) is 13.1. The molecule has 1 aliphatic rings. The van der Waals surface area contributed by atoms with Crippen molar-refractivity contribution in [2.75, 3.05) is 13.1 Å². The summed E-state index contributed by atoms with van der Waals surface area (Å²) in [6.07, 6.45) is 0.684. The van der Waals surface area contributed by atoms with Crippen LogP contribution < -0.4 is 0 Å². The molecule has 1 fully saturated rings. The van der Waals surface area contributed by atoms with Crippen molar-refractivity contribution < 1.29 is 14.3 Å². The molecule has 0 aliphatic carbocycles. The fourth-order valence-electron chi connectivity index (χ4n) is 2.68. The third-order valence-corrected chi connectivity index (χ3v) is 3.72. The minimum Gasteiger partial charge on any atom is -0.481 e. The normalized spacial score (nSPS) is 24.4. The first-order valence-electron chi connectivity index (χ1n) is 6.34. The van der Waals surface area contributed by atoms with E-state index < -0.39 is 5.97 Å². The summed E-state index contributed by atoms with van der Waals surface area (Å²) < 4.78 is 13.7. The van der Waals surface area contributed by atoms with Gasteiger partial charge in [0.25, 0.3) is 0 Å². The SMILES string of the molecule is CC1CC(C(=O)O)CN(Cc2cc(Cl)ccc2F)C1. The lowest BCUT2D eigenvalue weighted by molar-refractivity contribution is -0.144. The molecule has 1 N–H and O–H groups in total. The van der Waals surface area contributed by atoms with Gasteiger partial charge in [-0.2, -0.15) is 0 Å². The maximum Gasteiger partial charge on any atom is 0.307 e. The summed E-state index contributed by atoms with van der Waals surface area (Å²) in [6.45, 7) is 3.68. The van der Waals surface area contributed by atoms with Gasteiger partial charge in [0.15, 0.2) is 0 Å². The van der Waals surface area contributed by atoms with Crippen LogP contribution in [-0.4, -0.2) is 29.1 Å². The molecule has 2 rings (SSSR count). The number of rotatable bonds is 3. The highest BCUT2D eigenvalue weighted by molar-refractivity contribution is 6.30. The van der Waals surface area contributed by atoms with Crippen molar-refractivity contribution in [1.82, 2.24) is 4.90 Å². The lowest BCUT2D eigenvalue weighted by Gasteiger charge is -2.34. The van der Waals surface area contributed by atoms with E-state index >= 15 is 0 Å². The number of piperidine rings is 1. The van der Waals surface area contributed by atoms with Crippen molar-refractivity contribution in [3.05, 3.63) is 34.6 Å². The monoisotopic (exact) mass is 285 g/mol. The van der Waals surface area contributed by atoms with Crippen LogP contribution in [0.4, 0.5) is 4.39 Å². The van der Waals surface area contributed by atoms with Crippen LogP contribution in [0, 0.1) is 17.7 Å². The topological polar surface area (TPSA) is 40.5 Å². The van der Waals surface area contributed by atoms with Crippen molar-refractivity contribution in [3.63, 3.8) is 0 Å². The van der Waals surface area contributed by atoms with Gasteiger partial charge in [0, 0.05) is 30.2 Å². The number of nitrogens with zero attached hydrogens (tertiary/aromatic N) is 1. The van der Waals surface area contributed by atoms with Gasteiger partial charge in [0.05, 0.1) is 5.92 Å². The van der Waals surface area contributed by atoms with E-state index in [0.717, 1.165) is 6.54 Å². The minimum absolute atomic E-state index is 0.297. The fraction of sp³-hybridized carbons (Fsp3) is 0.500. The Balaban J connectivity index is 2.09. The molecule has 0 aromatic heterocycles. The van der Waals surface area contributed by atoms with Crippen LogP contribution in [0.5, 0.6) is 0 Å². The molecule has 1 saturated heterocycles. The second-order valence-corrected chi connectivity index (χ2v) is 5.74. The number of aliphatic carboxylic acids is 1. The third-order valence-electron chi connectivity index (χ3n) is 3.49. The molecule has 0 amide bonds. The summed E-state index contributed by atoms with van der Waals surface area (Å²) >= 11 is 5.86. The molecule has 0 radical (unpaired) electrons. The number of halogens is 2. The zero-order valence-corrected chi connectivity index (χ0v) is 11.5. The van der Waals surface area contributed by atoms with Gasteiger partial charge in [-0.25, -0.2) is 4.39 Å². The highest BCUT2D eigenvalue weighted by atomic mass is 35.5. The summed E-state index contributed by atoms with van der Waals surface area (Å²) in [6, 6.07) is 4.46. The maximum absolute atomic E-state index is 13.7. The number of carbonyl (C=O) groups is 1. The van der Waals surface area contributed by atoms with Crippen LogP contribution in [0.25, 0.3) is 0 Å². The lowest BCUT2D eigenvalue weighted by Crippen LogP contribution is -2.42. The molecular weight excluding hydrogens is 269 g/mol. The van der Waals surface area contributed by atoms with Crippen molar-refractivity contribution in [2.45, 2.75) is 19.9 Å². The molecule has 1 heterocycles. The van der Waals surface area contributed by atoms with Gasteiger partial charge in [0.2, 0.25) is 0 Å². The number of carboxylic acid groups (broad SMARTS) is 1. The molecule has 1 aromatic carbocycles. The molecule has 2 atom stereocenters. The fourth-order valence-corrected chi connectivity index (χ4v) is 2.87. The van der Waals surface area contributed by atoms with Crippen LogP contribution in [0.3, 0.4) is 0 Å². The van der Waals surface area contributed by atoms with Crippen molar-refractivity contribution >= 4 is 17.6 Å². The molecule has 19 heavy (non-hydrogen) atoms. The Morgan fingerprint density at radius 2 is 2.26 bits per heavy atom. The first-order valence-corrected chi connectivity index (χ1v) is 6.72. The van der Waals surface area contributed by atoms with E-state index in [0.29, 0.717) is 36.0 Å². The molecular formula is C14H17ClFNO2. The molecule has 2 unspecified atom stereocenters. The van der Waals surface area contributed by atoms with Crippen LogP contribution in [0.15, 0.2) is 18.2 Å². The van der Waals surface area contributed by atoms with E-state index in [1.54, 1.807) is 6.07 Å². The van der Waals surface area contributed by atoms with Crippen molar-refractivity contribution in [3.8, 4) is 0 Å². The van der Waals surface area contributed by atoms with Gasteiger partial charge in [-0.15, -0.1) is 0 Å². The molecule has 0 spiro atoms. The number of carboxylic acids is 1. The molecule has 1 aliphatic heterocycles. The summed E-state index contributed by atoms with van der Waals surface area (Å²) in [5, 5.41) is 9.61. The number of likely N-dealkylation sites (tertiary alicyclic amines) is 1. The Morgan fingerprint density at radius 3 is 2.95 bits per heavy atom. The molecule has 5 heteroatoms. The second kappa shape index (κ2) is 5.88. The average molecular weight is 286 g/mol. The highest BCUT2D eigenvalue weighted by Gasteiger charge is 2.29. The van der Waals surface area contributed by atoms with Gasteiger partial charge in [-0.1, -0.05) is 18.5 Å². The number of hydrogen-bond acceptors (Lipinski definition) is 2. The van der Waals surface area contributed by atoms with E-state index in [2.05, 4.69) is 0 Å².